The molecule has 3 aromatic carbocycles. The van der Waals surface area contributed by atoms with Crippen molar-refractivity contribution in [2.24, 2.45) is 0 Å². The van der Waals surface area contributed by atoms with E-state index in [4.69, 9.17) is 14.4 Å². The van der Waals surface area contributed by atoms with E-state index in [0.717, 1.165) is 88.0 Å². The summed E-state index contributed by atoms with van der Waals surface area (Å²) < 4.78 is 6.30. The molecule has 7 rings (SSSR count). The van der Waals surface area contributed by atoms with Crippen LogP contribution in [-0.4, -0.2) is 72.7 Å². The van der Waals surface area contributed by atoms with Gasteiger partial charge in [0.05, 0.1) is 17.6 Å². The molecule has 0 bridgehead atoms. The van der Waals surface area contributed by atoms with E-state index in [0.29, 0.717) is 48.0 Å². The molecule has 276 valence electrons. The zero-order valence-corrected chi connectivity index (χ0v) is 31.2. The molecule has 1 aliphatic heterocycles. The number of fused-ring (bicyclic) bond motifs is 2. The molecule has 3 aromatic heterocycles. The molecule has 0 radical (unpaired) electrons. The van der Waals surface area contributed by atoms with Gasteiger partial charge in [-0.2, -0.15) is 5.26 Å². The van der Waals surface area contributed by atoms with E-state index < -0.39 is 11.6 Å². The first-order valence-electron chi connectivity index (χ1n) is 18.4. The van der Waals surface area contributed by atoms with Crippen LogP contribution in [0, 0.1) is 25.2 Å². The Bertz CT molecular complexity index is 2400. The summed E-state index contributed by atoms with van der Waals surface area (Å²) in [5, 5.41) is 34.2. The third-order valence-corrected chi connectivity index (χ3v) is 10.3. The molecule has 0 saturated carbocycles. The van der Waals surface area contributed by atoms with Gasteiger partial charge < -0.3 is 19.9 Å². The van der Waals surface area contributed by atoms with E-state index in [9.17, 15) is 20.3 Å². The number of pyridine rings is 2. The monoisotopic (exact) mass is 723 g/mol. The number of nitrogens with one attached hydrogen (secondary N) is 1. The van der Waals surface area contributed by atoms with Crippen LogP contribution in [0.2, 0.25) is 0 Å². The Hall–Kier alpha value is -5.67. The van der Waals surface area contributed by atoms with Crippen molar-refractivity contribution in [2.45, 2.75) is 65.6 Å². The smallest absolute Gasteiger partial charge is 0.304 e. The highest BCUT2D eigenvalue weighted by atomic mass is 16.4. The minimum absolute atomic E-state index is 0.0551. The average Bonchev–Trinajstić information content (AvgIpc) is 3.73. The first kappa shape index (κ1) is 36.7. The lowest BCUT2D eigenvalue weighted by atomic mass is 9.93. The maximum absolute atomic E-state index is 11.2. The molecule has 1 aliphatic rings. The number of aliphatic carboxylic acids is 1. The summed E-state index contributed by atoms with van der Waals surface area (Å²) in [6.45, 7) is 12.0. The van der Waals surface area contributed by atoms with Crippen molar-refractivity contribution in [3.63, 3.8) is 0 Å². The van der Waals surface area contributed by atoms with Crippen molar-refractivity contribution in [1.82, 2.24) is 24.8 Å². The number of β-amino-alcohol motifs (C(OH)–C–C–N with tert-alkyl or cyclic N) is 1. The largest absolute Gasteiger partial charge is 0.481 e. The van der Waals surface area contributed by atoms with Crippen molar-refractivity contribution in [2.75, 3.05) is 31.5 Å². The van der Waals surface area contributed by atoms with Crippen molar-refractivity contribution in [3.8, 4) is 28.7 Å². The highest BCUT2D eigenvalue weighted by Crippen LogP contribution is 2.38. The van der Waals surface area contributed by atoms with Gasteiger partial charge in [-0.3, -0.25) is 19.6 Å². The summed E-state index contributed by atoms with van der Waals surface area (Å²) in [5.41, 5.74) is 9.40. The number of anilines is 2. The second-order valence-electron chi connectivity index (χ2n) is 14.7. The molecule has 54 heavy (non-hydrogen) atoms. The molecule has 3 N–H and O–H groups in total. The van der Waals surface area contributed by atoms with Crippen LogP contribution >= 0.6 is 0 Å². The predicted molar refractivity (Wildman–Crippen MR) is 210 cm³/mol. The van der Waals surface area contributed by atoms with Crippen LogP contribution < -0.4 is 5.32 Å². The average molecular weight is 724 g/mol. The SMILES string of the molecule is CCCN(CCC(=O)O)Cc1cc(C#N)c2oc(-c3cccc(-c4cccc(Nc5nccc6cc(CN7CC[C@](C)(O)C7)cnc56)c4C)c3C)nc2c1. The molecular formula is C43H45N7O4. The van der Waals surface area contributed by atoms with Crippen molar-refractivity contribution < 1.29 is 19.4 Å². The van der Waals surface area contributed by atoms with E-state index >= 15 is 0 Å². The quantitative estimate of drug-likeness (QED) is 0.106. The first-order chi connectivity index (χ1) is 26.0. The molecule has 0 amide bonds. The second-order valence-corrected chi connectivity index (χ2v) is 14.7. The lowest BCUT2D eigenvalue weighted by Crippen LogP contribution is -2.29. The number of aliphatic hydroxyl groups is 1. The number of nitrogens with zero attached hydrogens (tertiary/aromatic N) is 6. The number of likely N-dealkylation sites (tertiary alicyclic amines) is 1. The Balaban J connectivity index is 1.16. The molecule has 11 heteroatoms. The Labute approximate surface area is 314 Å². The number of carbonyl (C=O) groups is 1. The third kappa shape index (κ3) is 7.82. The van der Waals surface area contributed by atoms with Crippen LogP contribution in [-0.2, 0) is 17.9 Å². The van der Waals surface area contributed by atoms with Crippen LogP contribution in [0.3, 0.4) is 0 Å². The van der Waals surface area contributed by atoms with Crippen LogP contribution in [0.4, 0.5) is 11.5 Å². The van der Waals surface area contributed by atoms with Gasteiger partial charge in [0, 0.05) is 61.8 Å². The Morgan fingerprint density at radius 3 is 2.56 bits per heavy atom. The molecule has 0 unspecified atom stereocenters. The standard InChI is InChI=1S/C43H45N7O4/c1-5-16-49(17-13-38(51)52)24-29-19-32(22-44)40-37(21-29)48-42(54-40)35-10-6-8-33(27(35)2)34-9-7-11-36(28(34)3)47-41-39-31(12-15-45-41)20-30(23-46-39)25-50-18-14-43(4,53)26-50/h6-12,15,19-21,23,53H,5,13-14,16-18,24-26H2,1-4H3,(H,45,47)(H,51,52)/t43-/m0/s1. The molecule has 1 atom stereocenters. The first-order valence-corrected chi connectivity index (χ1v) is 18.4. The summed E-state index contributed by atoms with van der Waals surface area (Å²) in [6.07, 6.45) is 5.41. The zero-order valence-electron chi connectivity index (χ0n) is 31.2. The summed E-state index contributed by atoms with van der Waals surface area (Å²) in [7, 11) is 0. The Morgan fingerprint density at radius 2 is 1.81 bits per heavy atom. The molecule has 6 aromatic rings. The number of aromatic nitrogens is 3. The number of benzene rings is 3. The molecule has 11 nitrogen and oxygen atoms in total. The maximum Gasteiger partial charge on any atom is 0.304 e. The Morgan fingerprint density at radius 1 is 1.04 bits per heavy atom. The van der Waals surface area contributed by atoms with E-state index in [1.54, 1.807) is 6.20 Å². The lowest BCUT2D eigenvalue weighted by Gasteiger charge is -2.20. The fourth-order valence-corrected chi connectivity index (χ4v) is 7.54. The van der Waals surface area contributed by atoms with E-state index in [1.165, 1.54) is 0 Å². The highest BCUT2D eigenvalue weighted by Gasteiger charge is 2.31. The van der Waals surface area contributed by atoms with Crippen LogP contribution in [0.5, 0.6) is 0 Å². The van der Waals surface area contributed by atoms with Gasteiger partial charge in [0.1, 0.15) is 17.1 Å². The topological polar surface area (TPSA) is 152 Å². The number of nitriles is 1. The van der Waals surface area contributed by atoms with Gasteiger partial charge in [-0.1, -0.05) is 31.2 Å². The van der Waals surface area contributed by atoms with Gasteiger partial charge in [-0.15, -0.1) is 0 Å². The van der Waals surface area contributed by atoms with Crippen molar-refractivity contribution >= 4 is 39.5 Å². The fourth-order valence-electron chi connectivity index (χ4n) is 7.54. The maximum atomic E-state index is 11.2. The molecule has 0 aliphatic carbocycles. The van der Waals surface area contributed by atoms with Crippen molar-refractivity contribution in [3.05, 3.63) is 101 Å². The van der Waals surface area contributed by atoms with E-state index in [2.05, 4.69) is 65.1 Å². The van der Waals surface area contributed by atoms with E-state index in [-0.39, 0.29) is 6.42 Å². The molecule has 4 heterocycles. The number of carboxylic acid groups (broad SMARTS) is 1. The molecule has 0 spiro atoms. The van der Waals surface area contributed by atoms with Gasteiger partial charge in [0.2, 0.25) is 5.89 Å². The minimum Gasteiger partial charge on any atom is -0.481 e. The van der Waals surface area contributed by atoms with E-state index in [1.807, 2.05) is 55.6 Å². The number of rotatable bonds is 13. The highest BCUT2D eigenvalue weighted by molar-refractivity contribution is 5.91. The zero-order chi connectivity index (χ0) is 38.0. The Kier molecular flexibility index (Phi) is 10.4. The summed E-state index contributed by atoms with van der Waals surface area (Å²) in [4.78, 5) is 29.9. The number of hydrogen-bond acceptors (Lipinski definition) is 10. The normalized spacial score (nSPS) is 16.0. The predicted octanol–water partition coefficient (Wildman–Crippen LogP) is 7.98. The molecular weight excluding hydrogens is 679 g/mol. The number of oxazole rings is 1. The van der Waals surface area contributed by atoms with Gasteiger partial charge in [0.25, 0.3) is 0 Å². The summed E-state index contributed by atoms with van der Waals surface area (Å²) in [5.74, 6) is 0.273. The minimum atomic E-state index is -0.833. The summed E-state index contributed by atoms with van der Waals surface area (Å²) >= 11 is 0. The van der Waals surface area contributed by atoms with Crippen LogP contribution in [0.1, 0.15) is 60.9 Å². The van der Waals surface area contributed by atoms with Gasteiger partial charge in [0.15, 0.2) is 11.4 Å². The van der Waals surface area contributed by atoms with Crippen LogP contribution in [0.15, 0.2) is 77.5 Å². The van der Waals surface area contributed by atoms with Crippen molar-refractivity contribution in [1.29, 1.82) is 5.26 Å². The summed E-state index contributed by atoms with van der Waals surface area (Å²) in [6, 6.07) is 22.4. The molecule has 1 saturated heterocycles. The fraction of sp³-hybridized carbons (Fsp3) is 0.326. The lowest BCUT2D eigenvalue weighted by molar-refractivity contribution is -0.137. The third-order valence-electron chi connectivity index (χ3n) is 10.3. The second kappa shape index (κ2) is 15.4. The van der Waals surface area contributed by atoms with Crippen LogP contribution in [0.25, 0.3) is 44.6 Å². The van der Waals surface area contributed by atoms with Gasteiger partial charge in [-0.25, -0.2) is 9.97 Å². The van der Waals surface area contributed by atoms with Gasteiger partial charge >= 0.3 is 5.97 Å². The number of carboxylic acids is 1. The molecule has 1 fully saturated rings. The van der Waals surface area contributed by atoms with Gasteiger partial charge in [-0.05, 0) is 110 Å². The number of hydrogen-bond donors (Lipinski definition) is 3.